The van der Waals surface area contributed by atoms with Crippen LogP contribution in [0.1, 0.15) is 17.1 Å². The number of ether oxygens (including phenoxy) is 2. The van der Waals surface area contributed by atoms with E-state index in [1.165, 1.54) is 0 Å². The molecule has 2 aromatic carbocycles. The molecule has 0 bridgehead atoms. The third-order valence-corrected chi connectivity index (χ3v) is 6.41. The van der Waals surface area contributed by atoms with Crippen LogP contribution >= 0.6 is 0 Å². The number of hydrogen-bond acceptors (Lipinski definition) is 8. The molecule has 0 atom stereocenters. The molecular weight excluding hydrogens is 490 g/mol. The van der Waals surface area contributed by atoms with Gasteiger partial charge in [-0.2, -0.15) is 5.10 Å². The molecule has 0 spiro atoms. The number of benzene rings is 2. The van der Waals surface area contributed by atoms with Crippen molar-refractivity contribution in [1.82, 2.24) is 29.7 Å². The number of methoxy groups -OCH3 is 2. The van der Waals surface area contributed by atoms with E-state index in [1.54, 1.807) is 37.5 Å². The van der Waals surface area contributed by atoms with Crippen molar-refractivity contribution in [2.24, 2.45) is 7.05 Å². The van der Waals surface area contributed by atoms with Crippen LogP contribution in [0.25, 0.3) is 28.4 Å². The van der Waals surface area contributed by atoms with Crippen LogP contribution in [0.15, 0.2) is 67.3 Å². The number of hydrogen-bond donors (Lipinski definition) is 0. The maximum Gasteiger partial charge on any atom is 0.132 e. The molecule has 0 saturated carbocycles. The van der Waals surface area contributed by atoms with Gasteiger partial charge >= 0.3 is 0 Å². The molecule has 1 aliphatic carbocycles. The van der Waals surface area contributed by atoms with E-state index < -0.39 is 0 Å². The van der Waals surface area contributed by atoms with E-state index in [4.69, 9.17) is 14.5 Å². The second kappa shape index (κ2) is 10.3. The fourth-order valence-corrected chi connectivity index (χ4v) is 4.41. The molecule has 6 rings (SSSR count). The molecule has 0 radical (unpaired) electrons. The third-order valence-electron chi connectivity index (χ3n) is 6.41. The molecule has 0 unspecified atom stereocenters. The number of fused-ring (bicyclic) bond motifs is 2. The molecule has 1 aliphatic rings. The van der Waals surface area contributed by atoms with Crippen LogP contribution in [-0.2, 0) is 13.5 Å². The van der Waals surface area contributed by atoms with Crippen LogP contribution in [-0.4, -0.2) is 50.5 Å². The average molecular weight is 516 g/mol. The molecule has 0 saturated heterocycles. The summed E-state index contributed by atoms with van der Waals surface area (Å²) < 4.78 is 12.8. The summed E-state index contributed by atoms with van der Waals surface area (Å²) in [6.07, 6.45) is 12.0. The van der Waals surface area contributed by atoms with E-state index >= 15 is 0 Å². The first-order valence-electron chi connectivity index (χ1n) is 12.4. The minimum Gasteiger partial charge on any atom is -0.497 e. The predicted octanol–water partition coefficient (Wildman–Crippen LogP) is 4.60. The molecule has 0 fully saturated rings. The zero-order valence-electron chi connectivity index (χ0n) is 21.8. The van der Waals surface area contributed by atoms with Gasteiger partial charge in [0.2, 0.25) is 0 Å². The maximum atomic E-state index is 5.54. The highest BCUT2D eigenvalue weighted by atomic mass is 16.5. The molecule has 0 amide bonds. The van der Waals surface area contributed by atoms with Crippen molar-refractivity contribution in [1.29, 1.82) is 0 Å². The summed E-state index contributed by atoms with van der Waals surface area (Å²) in [5.41, 5.74) is 7.47. The number of aromatic nitrogens is 6. The van der Waals surface area contributed by atoms with Gasteiger partial charge in [0.05, 0.1) is 67.5 Å². The van der Waals surface area contributed by atoms with Crippen molar-refractivity contribution < 1.29 is 9.47 Å². The zero-order chi connectivity index (χ0) is 26.8. The van der Waals surface area contributed by atoms with Crippen molar-refractivity contribution in [2.75, 3.05) is 25.7 Å². The minimum atomic E-state index is 0.381. The van der Waals surface area contributed by atoms with Gasteiger partial charge < -0.3 is 14.4 Å². The number of allylic oxidation sites excluding steroid dienone is 1. The lowest BCUT2D eigenvalue weighted by atomic mass is 10.2. The normalized spacial score (nSPS) is 11.7. The van der Waals surface area contributed by atoms with Crippen molar-refractivity contribution in [2.45, 2.75) is 6.42 Å². The Morgan fingerprint density at radius 2 is 1.77 bits per heavy atom. The summed E-state index contributed by atoms with van der Waals surface area (Å²) in [5, 5.41) is 4.26. The van der Waals surface area contributed by atoms with Gasteiger partial charge in [-0.1, -0.05) is 12.0 Å². The average Bonchev–Trinajstić information content (AvgIpc) is 3.63. The second-order valence-electron chi connectivity index (χ2n) is 8.98. The number of nitrogens with zero attached hydrogens (tertiary/aromatic N) is 7. The monoisotopic (exact) mass is 515 g/mol. The van der Waals surface area contributed by atoms with Gasteiger partial charge in [-0.25, -0.2) is 9.97 Å². The highest BCUT2D eigenvalue weighted by molar-refractivity contribution is 5.83. The van der Waals surface area contributed by atoms with Gasteiger partial charge in [0, 0.05) is 54.8 Å². The molecule has 0 N–H and O–H groups in total. The summed E-state index contributed by atoms with van der Waals surface area (Å²) in [4.78, 5) is 20.7. The highest BCUT2D eigenvalue weighted by Gasteiger charge is 2.14. The molecule has 39 heavy (non-hydrogen) atoms. The minimum absolute atomic E-state index is 0.381. The number of rotatable bonds is 6. The zero-order valence-corrected chi connectivity index (χ0v) is 21.8. The summed E-state index contributed by atoms with van der Waals surface area (Å²) in [7, 11) is 5.15. The Morgan fingerprint density at radius 1 is 0.923 bits per heavy atom. The number of aryl methyl sites for hydroxylation is 1. The standard InChI is InChI=1S/C30H25N7O2/c1-36-19-20(16-33-36)30-18-32-27-10-9-22(14-29(27)35-30)37(23-12-24(38-2)15-25(13-23)39-3)11-5-6-21-17-31-26-7-4-8-28(26)34-21/h4,8-10,12-19H,7,11H2,1-3H3. The summed E-state index contributed by atoms with van der Waals surface area (Å²) in [6.45, 7) is 0.381. The van der Waals surface area contributed by atoms with Crippen LogP contribution in [0.3, 0.4) is 0 Å². The number of anilines is 2. The van der Waals surface area contributed by atoms with E-state index in [0.29, 0.717) is 23.7 Å². The lowest BCUT2D eigenvalue weighted by Crippen LogP contribution is -2.17. The molecule has 192 valence electrons. The van der Waals surface area contributed by atoms with Crippen LogP contribution in [0, 0.1) is 11.8 Å². The summed E-state index contributed by atoms with van der Waals surface area (Å²) >= 11 is 0. The maximum absolute atomic E-state index is 5.54. The van der Waals surface area contributed by atoms with Crippen molar-refractivity contribution in [3.63, 3.8) is 0 Å². The molecule has 3 heterocycles. The first-order valence-corrected chi connectivity index (χ1v) is 12.4. The molecule has 5 aromatic rings. The van der Waals surface area contributed by atoms with E-state index in [-0.39, 0.29) is 0 Å². The quantitative estimate of drug-likeness (QED) is 0.303. The molecule has 3 aromatic heterocycles. The van der Waals surface area contributed by atoms with Crippen molar-refractivity contribution >= 4 is 28.5 Å². The highest BCUT2D eigenvalue weighted by Crippen LogP contribution is 2.34. The fourth-order valence-electron chi connectivity index (χ4n) is 4.41. The van der Waals surface area contributed by atoms with Gasteiger partial charge in [0.15, 0.2) is 0 Å². The summed E-state index contributed by atoms with van der Waals surface area (Å²) in [5.74, 6) is 7.80. The predicted molar refractivity (Wildman–Crippen MR) is 150 cm³/mol. The van der Waals surface area contributed by atoms with Crippen molar-refractivity contribution in [3.05, 3.63) is 84.3 Å². The van der Waals surface area contributed by atoms with Gasteiger partial charge in [0.25, 0.3) is 0 Å². The van der Waals surface area contributed by atoms with Crippen LogP contribution in [0.5, 0.6) is 11.5 Å². The van der Waals surface area contributed by atoms with Gasteiger partial charge in [-0.3, -0.25) is 14.6 Å². The SMILES string of the molecule is COc1cc(OC)cc(N(CC#Cc2cnc3c(n2)C=CC3)c2ccc3ncc(-c4cnn(C)c4)nc3c2)c1. The van der Waals surface area contributed by atoms with Gasteiger partial charge in [0.1, 0.15) is 17.2 Å². The first kappa shape index (κ1) is 24.1. The molecule has 9 nitrogen and oxygen atoms in total. The van der Waals surface area contributed by atoms with Gasteiger partial charge in [-0.05, 0) is 30.2 Å². The first-order chi connectivity index (χ1) is 19.1. The fraction of sp³-hybridized carbons (Fsp3) is 0.167. The van der Waals surface area contributed by atoms with E-state index in [0.717, 1.165) is 51.5 Å². The Labute approximate surface area is 225 Å². The topological polar surface area (TPSA) is 91.1 Å². The van der Waals surface area contributed by atoms with Crippen LogP contribution < -0.4 is 14.4 Å². The Balaban J connectivity index is 1.40. The lowest BCUT2D eigenvalue weighted by Gasteiger charge is -2.24. The van der Waals surface area contributed by atoms with Crippen molar-refractivity contribution in [3.8, 4) is 34.6 Å². The largest absolute Gasteiger partial charge is 0.497 e. The molecular formula is C30H25N7O2. The Hall–Kier alpha value is -5.23. The lowest BCUT2D eigenvalue weighted by molar-refractivity contribution is 0.394. The molecule has 0 aliphatic heterocycles. The van der Waals surface area contributed by atoms with Crippen LogP contribution in [0.2, 0.25) is 0 Å². The van der Waals surface area contributed by atoms with Gasteiger partial charge in [-0.15, -0.1) is 0 Å². The molecule has 9 heteroatoms. The summed E-state index contributed by atoms with van der Waals surface area (Å²) in [6, 6.07) is 11.7. The van der Waals surface area contributed by atoms with Crippen LogP contribution in [0.4, 0.5) is 11.4 Å². The van der Waals surface area contributed by atoms with E-state index in [9.17, 15) is 0 Å². The smallest absolute Gasteiger partial charge is 0.132 e. The van der Waals surface area contributed by atoms with E-state index in [2.05, 4.69) is 42.9 Å². The Morgan fingerprint density at radius 3 is 2.54 bits per heavy atom. The third kappa shape index (κ3) is 5.00. The van der Waals surface area contributed by atoms with E-state index in [1.807, 2.05) is 55.7 Å². The Bertz CT molecular complexity index is 1760. The Kier molecular flexibility index (Phi) is 6.35. The second-order valence-corrected chi connectivity index (χ2v) is 8.98.